The molecule has 1 unspecified atom stereocenters. The van der Waals surface area contributed by atoms with E-state index in [9.17, 15) is 9.59 Å². The van der Waals surface area contributed by atoms with Gasteiger partial charge in [-0.25, -0.2) is 0 Å². The molecule has 5 rings (SSSR count). The molecule has 0 spiro atoms. The van der Waals surface area contributed by atoms with Crippen LogP contribution in [0.2, 0.25) is 0 Å². The molecule has 1 N–H and O–H groups in total. The van der Waals surface area contributed by atoms with E-state index >= 15 is 0 Å². The summed E-state index contributed by atoms with van der Waals surface area (Å²) in [5, 5.41) is 1.07. The Hall–Kier alpha value is -4.16. The summed E-state index contributed by atoms with van der Waals surface area (Å²) in [4.78, 5) is 33.5. The number of nitrogens with one attached hydrogen (secondary N) is 1. The molecular formula is C30H33N3O6. The highest BCUT2D eigenvalue weighted by Crippen LogP contribution is 2.40. The summed E-state index contributed by atoms with van der Waals surface area (Å²) in [6.07, 6.45) is 9.32. The van der Waals surface area contributed by atoms with Crippen LogP contribution in [-0.4, -0.2) is 80.3 Å². The van der Waals surface area contributed by atoms with Crippen molar-refractivity contribution in [3.05, 3.63) is 53.2 Å². The molecule has 0 radical (unpaired) electrons. The molecule has 1 aromatic heterocycles. The molecule has 0 aliphatic carbocycles. The highest BCUT2D eigenvalue weighted by molar-refractivity contribution is 6.35. The molecule has 0 saturated carbocycles. The SMILES string of the molecule is C#CCOc1cc2c(cc1OC)CCN(C(=O)C(=O)N1CCOCC1)C2CCc1c[nH]c2ccc(OC)cc12. The number of aromatic amines is 1. The second-order valence-electron chi connectivity index (χ2n) is 9.63. The number of morpholine rings is 1. The number of amides is 2. The summed E-state index contributed by atoms with van der Waals surface area (Å²) < 4.78 is 22.2. The maximum absolute atomic E-state index is 13.6. The van der Waals surface area contributed by atoms with Crippen molar-refractivity contribution in [3.63, 3.8) is 0 Å². The van der Waals surface area contributed by atoms with Gasteiger partial charge in [-0.1, -0.05) is 5.92 Å². The molecule has 3 heterocycles. The largest absolute Gasteiger partial charge is 0.497 e. The topological polar surface area (TPSA) is 93.3 Å². The van der Waals surface area contributed by atoms with Crippen molar-refractivity contribution in [2.24, 2.45) is 0 Å². The summed E-state index contributed by atoms with van der Waals surface area (Å²) in [6, 6.07) is 9.45. The number of carbonyl (C=O) groups is 2. The number of ether oxygens (including phenoxy) is 4. The van der Waals surface area contributed by atoms with Gasteiger partial charge in [-0.3, -0.25) is 9.59 Å². The predicted molar refractivity (Wildman–Crippen MR) is 146 cm³/mol. The molecule has 0 bridgehead atoms. The number of benzene rings is 2. The summed E-state index contributed by atoms with van der Waals surface area (Å²) in [6.45, 7) is 2.23. The van der Waals surface area contributed by atoms with Gasteiger partial charge in [0.25, 0.3) is 0 Å². The Morgan fingerprint density at radius 3 is 2.64 bits per heavy atom. The van der Waals surface area contributed by atoms with E-state index in [-0.39, 0.29) is 12.6 Å². The molecule has 3 aromatic rings. The molecule has 2 aromatic carbocycles. The lowest BCUT2D eigenvalue weighted by Crippen LogP contribution is -2.51. The summed E-state index contributed by atoms with van der Waals surface area (Å²) in [5.74, 6) is 3.41. The van der Waals surface area contributed by atoms with Crippen molar-refractivity contribution >= 4 is 22.7 Å². The van der Waals surface area contributed by atoms with Gasteiger partial charge < -0.3 is 33.7 Å². The van der Waals surface area contributed by atoms with Crippen LogP contribution in [-0.2, 0) is 27.2 Å². The van der Waals surface area contributed by atoms with Crippen LogP contribution in [0, 0.1) is 12.3 Å². The van der Waals surface area contributed by atoms with Gasteiger partial charge in [-0.2, -0.15) is 0 Å². The van der Waals surface area contributed by atoms with Crippen molar-refractivity contribution in [1.82, 2.24) is 14.8 Å². The van der Waals surface area contributed by atoms with Crippen LogP contribution >= 0.6 is 0 Å². The molecule has 2 aliphatic rings. The first-order chi connectivity index (χ1) is 19.0. The first kappa shape index (κ1) is 26.4. The van der Waals surface area contributed by atoms with Crippen molar-refractivity contribution in [2.75, 3.05) is 53.7 Å². The van der Waals surface area contributed by atoms with Gasteiger partial charge >= 0.3 is 11.8 Å². The first-order valence-corrected chi connectivity index (χ1v) is 13.1. The third kappa shape index (κ3) is 5.38. The van der Waals surface area contributed by atoms with Gasteiger partial charge in [0, 0.05) is 36.7 Å². The smallest absolute Gasteiger partial charge is 0.312 e. The number of aromatic nitrogens is 1. The fraction of sp³-hybridized carbons (Fsp3) is 0.400. The standard InChI is InChI=1S/C30H33N3O6/c1-4-13-39-28-18-24-20(16-27(28)37-3)9-10-33(30(35)29(34)32-11-14-38-15-12-32)26(24)8-5-21-19-31-25-7-6-22(36-2)17-23(21)25/h1,6-7,16-19,26,31H,5,8-15H2,2-3H3. The Kier molecular flexibility index (Phi) is 7.94. The zero-order valence-electron chi connectivity index (χ0n) is 22.3. The molecule has 204 valence electrons. The summed E-state index contributed by atoms with van der Waals surface area (Å²) >= 11 is 0. The van der Waals surface area contributed by atoms with Gasteiger partial charge in [0.1, 0.15) is 12.4 Å². The van der Waals surface area contributed by atoms with Gasteiger partial charge in [-0.05, 0) is 66.3 Å². The molecule has 1 fully saturated rings. The average Bonchev–Trinajstić information content (AvgIpc) is 3.39. The third-order valence-corrected chi connectivity index (χ3v) is 7.50. The summed E-state index contributed by atoms with van der Waals surface area (Å²) in [5.41, 5.74) is 4.13. The Labute approximate surface area is 228 Å². The second kappa shape index (κ2) is 11.7. The molecule has 9 heteroatoms. The number of terminal acetylenes is 1. The van der Waals surface area contributed by atoms with Gasteiger partial charge in [0.05, 0.1) is 33.5 Å². The second-order valence-corrected chi connectivity index (χ2v) is 9.63. The highest BCUT2D eigenvalue weighted by Gasteiger charge is 2.37. The number of aryl methyl sites for hydroxylation is 1. The van der Waals surface area contributed by atoms with Crippen LogP contribution in [0.1, 0.15) is 29.2 Å². The van der Waals surface area contributed by atoms with Crippen LogP contribution in [0.4, 0.5) is 0 Å². The number of hydrogen-bond acceptors (Lipinski definition) is 6. The third-order valence-electron chi connectivity index (χ3n) is 7.50. The van der Waals surface area contributed by atoms with E-state index in [2.05, 4.69) is 10.9 Å². The minimum absolute atomic E-state index is 0.0924. The summed E-state index contributed by atoms with van der Waals surface area (Å²) in [7, 11) is 3.24. The van der Waals surface area contributed by atoms with Crippen molar-refractivity contribution in [2.45, 2.75) is 25.3 Å². The monoisotopic (exact) mass is 531 g/mol. The van der Waals surface area contributed by atoms with Gasteiger partial charge in [-0.15, -0.1) is 6.42 Å². The minimum atomic E-state index is -0.491. The van der Waals surface area contributed by atoms with Crippen LogP contribution in [0.15, 0.2) is 36.5 Å². The van der Waals surface area contributed by atoms with Crippen molar-refractivity contribution in [1.29, 1.82) is 0 Å². The van der Waals surface area contributed by atoms with E-state index in [0.29, 0.717) is 63.6 Å². The normalized spacial score (nSPS) is 16.9. The highest BCUT2D eigenvalue weighted by atomic mass is 16.5. The lowest BCUT2D eigenvalue weighted by atomic mass is 9.88. The Bertz CT molecular complexity index is 1400. The number of rotatable bonds is 7. The lowest BCUT2D eigenvalue weighted by molar-refractivity contribution is -0.155. The Morgan fingerprint density at radius 1 is 1.08 bits per heavy atom. The number of nitrogens with zero attached hydrogens (tertiary/aromatic N) is 2. The van der Waals surface area contributed by atoms with E-state index in [1.807, 2.05) is 36.5 Å². The maximum Gasteiger partial charge on any atom is 0.312 e. The zero-order valence-corrected chi connectivity index (χ0v) is 22.3. The molecule has 39 heavy (non-hydrogen) atoms. The number of fused-ring (bicyclic) bond motifs is 2. The van der Waals surface area contributed by atoms with Crippen molar-refractivity contribution in [3.8, 4) is 29.6 Å². The first-order valence-electron chi connectivity index (χ1n) is 13.1. The van der Waals surface area contributed by atoms with E-state index in [1.54, 1.807) is 24.0 Å². The Morgan fingerprint density at radius 2 is 1.90 bits per heavy atom. The Balaban J connectivity index is 1.49. The molecular weight excluding hydrogens is 498 g/mol. The number of H-pyrrole nitrogens is 1. The maximum atomic E-state index is 13.6. The van der Waals surface area contributed by atoms with E-state index in [4.69, 9.17) is 25.4 Å². The predicted octanol–water partition coefficient (Wildman–Crippen LogP) is 3.11. The van der Waals surface area contributed by atoms with Gasteiger partial charge in [0.15, 0.2) is 11.5 Å². The molecule has 1 saturated heterocycles. The molecule has 2 amide bonds. The fourth-order valence-corrected chi connectivity index (χ4v) is 5.46. The van der Waals surface area contributed by atoms with Gasteiger partial charge in [0.2, 0.25) is 0 Å². The average molecular weight is 532 g/mol. The fourth-order valence-electron chi connectivity index (χ4n) is 5.46. The zero-order chi connectivity index (χ0) is 27.4. The number of carbonyl (C=O) groups excluding carboxylic acids is 2. The molecule has 1 atom stereocenters. The quantitative estimate of drug-likeness (QED) is 0.372. The number of hydrogen-bond donors (Lipinski definition) is 1. The van der Waals surface area contributed by atoms with Crippen LogP contribution < -0.4 is 14.2 Å². The van der Waals surface area contributed by atoms with E-state index in [1.165, 1.54) is 0 Å². The minimum Gasteiger partial charge on any atom is -0.497 e. The van der Waals surface area contributed by atoms with Crippen LogP contribution in [0.25, 0.3) is 10.9 Å². The number of methoxy groups -OCH3 is 2. The van der Waals surface area contributed by atoms with E-state index in [0.717, 1.165) is 33.3 Å². The molecule has 9 nitrogen and oxygen atoms in total. The van der Waals surface area contributed by atoms with Crippen LogP contribution in [0.3, 0.4) is 0 Å². The molecule has 2 aliphatic heterocycles. The van der Waals surface area contributed by atoms with Crippen molar-refractivity contribution < 1.29 is 28.5 Å². The lowest BCUT2D eigenvalue weighted by Gasteiger charge is -2.39. The van der Waals surface area contributed by atoms with E-state index < -0.39 is 11.8 Å². The van der Waals surface area contributed by atoms with Crippen LogP contribution in [0.5, 0.6) is 17.2 Å².